The zero-order chi connectivity index (χ0) is 15.8. The average molecular weight is 297 g/mol. The van der Waals surface area contributed by atoms with Crippen molar-refractivity contribution in [2.24, 2.45) is 0 Å². The van der Waals surface area contributed by atoms with Crippen LogP contribution in [0.3, 0.4) is 0 Å². The third kappa shape index (κ3) is 4.43. The lowest BCUT2D eigenvalue weighted by Crippen LogP contribution is -2.24. The summed E-state index contributed by atoms with van der Waals surface area (Å²) in [6.07, 6.45) is 2.07. The molecule has 1 amide bonds. The highest BCUT2D eigenvalue weighted by Gasteiger charge is 2.16. The summed E-state index contributed by atoms with van der Waals surface area (Å²) in [5.74, 6) is -0.144. The molecule has 0 radical (unpaired) electrons. The maximum atomic E-state index is 12.4. The third-order valence-corrected chi connectivity index (χ3v) is 3.69. The zero-order valence-electron chi connectivity index (χ0n) is 13.0. The summed E-state index contributed by atoms with van der Waals surface area (Å²) in [6.45, 7) is 2.57. The summed E-state index contributed by atoms with van der Waals surface area (Å²) in [6, 6.07) is 17.1. The van der Waals surface area contributed by atoms with E-state index in [4.69, 9.17) is 0 Å². The molecule has 0 bridgehead atoms. The van der Waals surface area contributed by atoms with E-state index in [1.165, 1.54) is 0 Å². The van der Waals surface area contributed by atoms with E-state index in [9.17, 15) is 9.90 Å². The van der Waals surface area contributed by atoms with Gasteiger partial charge in [0.2, 0.25) is 0 Å². The van der Waals surface area contributed by atoms with Gasteiger partial charge in [-0.05, 0) is 23.6 Å². The van der Waals surface area contributed by atoms with Crippen LogP contribution in [-0.2, 0) is 6.54 Å². The Kier molecular flexibility index (Phi) is 6.16. The van der Waals surface area contributed by atoms with E-state index in [1.807, 2.05) is 48.5 Å². The molecule has 2 N–H and O–H groups in total. The topological polar surface area (TPSA) is 49.3 Å². The molecule has 0 saturated heterocycles. The van der Waals surface area contributed by atoms with Gasteiger partial charge in [0.25, 0.3) is 5.91 Å². The lowest BCUT2D eigenvalue weighted by atomic mass is 9.98. The smallest absolute Gasteiger partial charge is 0.251 e. The van der Waals surface area contributed by atoms with Crippen LogP contribution in [0.2, 0.25) is 0 Å². The highest BCUT2D eigenvalue weighted by atomic mass is 16.3. The molecule has 3 heteroatoms. The Morgan fingerprint density at radius 2 is 1.77 bits per heavy atom. The molecule has 2 rings (SSSR count). The minimum atomic E-state index is -0.585. The molecule has 0 aromatic heterocycles. The van der Waals surface area contributed by atoms with Crippen molar-refractivity contribution in [1.29, 1.82) is 0 Å². The molecule has 0 saturated carbocycles. The van der Waals surface area contributed by atoms with Crippen LogP contribution in [-0.4, -0.2) is 11.0 Å². The fourth-order valence-electron chi connectivity index (χ4n) is 2.42. The molecule has 1 atom stereocenters. The minimum Gasteiger partial charge on any atom is -0.388 e. The Labute approximate surface area is 132 Å². The fourth-order valence-corrected chi connectivity index (χ4v) is 2.42. The van der Waals surface area contributed by atoms with Gasteiger partial charge in [0.15, 0.2) is 0 Å². The van der Waals surface area contributed by atoms with Gasteiger partial charge in [-0.1, -0.05) is 68.3 Å². The van der Waals surface area contributed by atoms with Gasteiger partial charge in [-0.15, -0.1) is 0 Å². The Hall–Kier alpha value is -2.13. The number of rotatable bonds is 7. The van der Waals surface area contributed by atoms with Gasteiger partial charge in [-0.3, -0.25) is 4.79 Å². The zero-order valence-corrected chi connectivity index (χ0v) is 13.0. The first-order chi connectivity index (χ1) is 10.7. The molecule has 0 aliphatic carbocycles. The van der Waals surface area contributed by atoms with Crippen molar-refractivity contribution < 1.29 is 9.90 Å². The van der Waals surface area contributed by atoms with Crippen molar-refractivity contribution in [3.63, 3.8) is 0 Å². The predicted octanol–water partition coefficient (Wildman–Crippen LogP) is 3.84. The summed E-state index contributed by atoms with van der Waals surface area (Å²) in [5, 5.41) is 13.2. The number of aliphatic hydroxyl groups excluding tert-OH is 1. The molecule has 0 aliphatic rings. The molecule has 1 unspecified atom stereocenters. The van der Waals surface area contributed by atoms with Crippen LogP contribution in [0.4, 0.5) is 0 Å². The Balaban J connectivity index is 2.06. The summed E-state index contributed by atoms with van der Waals surface area (Å²) < 4.78 is 0. The molecule has 0 spiro atoms. The van der Waals surface area contributed by atoms with E-state index >= 15 is 0 Å². The highest BCUT2D eigenvalue weighted by Crippen LogP contribution is 2.22. The lowest BCUT2D eigenvalue weighted by Gasteiger charge is -2.15. The second kappa shape index (κ2) is 8.35. The van der Waals surface area contributed by atoms with Crippen molar-refractivity contribution >= 4 is 5.91 Å². The number of aliphatic hydroxyl groups is 1. The Morgan fingerprint density at radius 1 is 1.09 bits per heavy atom. The van der Waals surface area contributed by atoms with Gasteiger partial charge in [0.05, 0.1) is 6.10 Å². The van der Waals surface area contributed by atoms with Crippen molar-refractivity contribution in [2.75, 3.05) is 0 Å². The lowest BCUT2D eigenvalue weighted by molar-refractivity contribution is 0.0941. The number of carbonyl (C=O) groups excluding carboxylic acids is 1. The quantitative estimate of drug-likeness (QED) is 0.815. The van der Waals surface area contributed by atoms with Gasteiger partial charge in [-0.25, -0.2) is 0 Å². The largest absolute Gasteiger partial charge is 0.388 e. The first-order valence-corrected chi connectivity index (χ1v) is 7.81. The van der Waals surface area contributed by atoms with Crippen molar-refractivity contribution in [3.8, 4) is 0 Å². The second-order valence-corrected chi connectivity index (χ2v) is 5.41. The Morgan fingerprint density at radius 3 is 2.50 bits per heavy atom. The van der Waals surface area contributed by atoms with E-state index in [1.54, 1.807) is 6.07 Å². The molecular formula is C19H23NO2. The maximum absolute atomic E-state index is 12.4. The SMILES string of the molecule is CCCCC(O)c1ccccc1C(=O)NCc1ccccc1. The number of unbranched alkanes of at least 4 members (excludes halogenated alkanes) is 1. The van der Waals surface area contributed by atoms with Gasteiger partial charge >= 0.3 is 0 Å². The van der Waals surface area contributed by atoms with Crippen LogP contribution >= 0.6 is 0 Å². The summed E-state index contributed by atoms with van der Waals surface area (Å²) >= 11 is 0. The van der Waals surface area contributed by atoms with Crippen molar-refractivity contribution in [2.45, 2.75) is 38.8 Å². The van der Waals surface area contributed by atoms with Crippen LogP contribution < -0.4 is 5.32 Å². The second-order valence-electron chi connectivity index (χ2n) is 5.41. The van der Waals surface area contributed by atoms with Gasteiger partial charge in [0.1, 0.15) is 0 Å². The molecule has 22 heavy (non-hydrogen) atoms. The monoisotopic (exact) mass is 297 g/mol. The van der Waals surface area contributed by atoms with Crippen LogP contribution in [0.25, 0.3) is 0 Å². The molecule has 0 aliphatic heterocycles. The predicted molar refractivity (Wildman–Crippen MR) is 88.5 cm³/mol. The first-order valence-electron chi connectivity index (χ1n) is 7.81. The third-order valence-electron chi connectivity index (χ3n) is 3.69. The summed E-state index contributed by atoms with van der Waals surface area (Å²) in [5.41, 5.74) is 2.32. The van der Waals surface area contributed by atoms with Crippen molar-refractivity contribution in [1.82, 2.24) is 5.32 Å². The first kappa shape index (κ1) is 16.2. The number of carbonyl (C=O) groups is 1. The van der Waals surface area contributed by atoms with Gasteiger partial charge < -0.3 is 10.4 Å². The number of amides is 1. The highest BCUT2D eigenvalue weighted by molar-refractivity contribution is 5.95. The Bertz CT molecular complexity index is 595. The number of benzene rings is 2. The molecule has 3 nitrogen and oxygen atoms in total. The van der Waals surface area contributed by atoms with Gasteiger partial charge in [0, 0.05) is 12.1 Å². The van der Waals surface area contributed by atoms with Crippen LogP contribution in [0.5, 0.6) is 0 Å². The summed E-state index contributed by atoms with van der Waals surface area (Å²) in [7, 11) is 0. The van der Waals surface area contributed by atoms with Crippen molar-refractivity contribution in [3.05, 3.63) is 71.3 Å². The van der Waals surface area contributed by atoms with E-state index in [-0.39, 0.29) is 5.91 Å². The normalized spacial score (nSPS) is 11.9. The van der Waals surface area contributed by atoms with Gasteiger partial charge in [-0.2, -0.15) is 0 Å². The standard InChI is InChI=1S/C19H23NO2/c1-2-3-13-18(21)16-11-7-8-12-17(16)19(22)20-14-15-9-5-4-6-10-15/h4-12,18,21H,2-3,13-14H2,1H3,(H,20,22). The average Bonchev–Trinajstić information content (AvgIpc) is 2.58. The molecule has 2 aromatic rings. The van der Waals surface area contributed by atoms with E-state index in [0.717, 1.165) is 18.4 Å². The molecule has 116 valence electrons. The summed E-state index contributed by atoms with van der Waals surface area (Å²) in [4.78, 5) is 12.4. The molecular weight excluding hydrogens is 274 g/mol. The van der Waals surface area contributed by atoms with E-state index in [2.05, 4.69) is 12.2 Å². The maximum Gasteiger partial charge on any atom is 0.251 e. The van der Waals surface area contributed by atoms with Crippen LogP contribution in [0.1, 0.15) is 53.8 Å². The fraction of sp³-hybridized carbons (Fsp3) is 0.316. The molecule has 0 heterocycles. The minimum absolute atomic E-state index is 0.144. The number of nitrogens with one attached hydrogen (secondary N) is 1. The number of hydrogen-bond donors (Lipinski definition) is 2. The van der Waals surface area contributed by atoms with E-state index in [0.29, 0.717) is 24.1 Å². The van der Waals surface area contributed by atoms with Crippen LogP contribution in [0, 0.1) is 0 Å². The van der Waals surface area contributed by atoms with Crippen LogP contribution in [0.15, 0.2) is 54.6 Å². The number of hydrogen-bond acceptors (Lipinski definition) is 2. The van der Waals surface area contributed by atoms with E-state index < -0.39 is 6.10 Å². The molecule has 0 fully saturated rings. The molecule has 2 aromatic carbocycles.